The molecule has 0 aliphatic rings. The summed E-state index contributed by atoms with van der Waals surface area (Å²) in [5.74, 6) is 0. The second-order valence-electron chi connectivity index (χ2n) is 6.87. The smallest absolute Gasteiger partial charge is 0.0763 e. The molecular weight excluding hydrogens is 350 g/mol. The van der Waals surface area contributed by atoms with Gasteiger partial charge in [-0.3, -0.25) is 0 Å². The number of nitrogens with zero attached hydrogens (tertiary/aromatic N) is 1. The van der Waals surface area contributed by atoms with Crippen LogP contribution in [0.3, 0.4) is 0 Å². The van der Waals surface area contributed by atoms with Crippen molar-refractivity contribution >= 4 is 27.9 Å². The predicted octanol–water partition coefficient (Wildman–Crippen LogP) is 5.19. The number of benzene rings is 2. The van der Waals surface area contributed by atoms with Gasteiger partial charge in [0, 0.05) is 28.6 Å². The molecule has 136 valence electrons. The molecule has 0 aliphatic carbocycles. The van der Waals surface area contributed by atoms with Crippen LogP contribution in [0.25, 0.3) is 22.2 Å². The van der Waals surface area contributed by atoms with Gasteiger partial charge < -0.3 is 11.1 Å². The topological polar surface area (TPSA) is 50.9 Å². The minimum Gasteiger partial charge on any atom is -0.399 e. The van der Waals surface area contributed by atoms with E-state index in [2.05, 4.69) is 59.4 Å². The molecule has 0 unspecified atom stereocenters. The average molecular weight is 374 g/mol. The summed E-state index contributed by atoms with van der Waals surface area (Å²) in [5.41, 5.74) is 13.7. The number of fused-ring (bicyclic) bond motifs is 1. The molecule has 4 heteroatoms. The fourth-order valence-electron chi connectivity index (χ4n) is 3.22. The molecule has 4 aromatic rings. The van der Waals surface area contributed by atoms with E-state index < -0.39 is 0 Å². The third kappa shape index (κ3) is 4.18. The number of nitrogens with two attached hydrogens (primary N) is 1. The minimum atomic E-state index is 0.746. The van der Waals surface area contributed by atoms with Crippen LogP contribution in [0.4, 0.5) is 5.69 Å². The van der Waals surface area contributed by atoms with Crippen LogP contribution < -0.4 is 11.1 Å². The van der Waals surface area contributed by atoms with Crippen LogP contribution in [-0.2, 0) is 13.0 Å². The molecule has 27 heavy (non-hydrogen) atoms. The first-order chi connectivity index (χ1) is 13.2. The van der Waals surface area contributed by atoms with Crippen molar-refractivity contribution in [3.05, 3.63) is 82.0 Å². The second-order valence-corrected chi connectivity index (χ2v) is 7.65. The highest BCUT2D eigenvalue weighted by Crippen LogP contribution is 2.28. The van der Waals surface area contributed by atoms with Crippen molar-refractivity contribution in [1.82, 2.24) is 10.3 Å². The summed E-state index contributed by atoms with van der Waals surface area (Å²) in [6.45, 7) is 3.85. The van der Waals surface area contributed by atoms with Crippen LogP contribution in [0.1, 0.15) is 16.7 Å². The molecule has 3 nitrogen and oxygen atoms in total. The molecule has 2 heterocycles. The monoisotopic (exact) mass is 373 g/mol. The quantitative estimate of drug-likeness (QED) is 0.361. The lowest BCUT2D eigenvalue weighted by Crippen LogP contribution is -2.17. The molecular formula is C23H23N3S. The summed E-state index contributed by atoms with van der Waals surface area (Å²) >= 11 is 1.69. The highest BCUT2D eigenvalue weighted by atomic mass is 32.1. The lowest BCUT2D eigenvalue weighted by molar-refractivity contribution is 0.687. The zero-order chi connectivity index (χ0) is 18.6. The van der Waals surface area contributed by atoms with E-state index in [9.17, 15) is 0 Å². The van der Waals surface area contributed by atoms with E-state index in [4.69, 9.17) is 10.7 Å². The first-order valence-corrected chi connectivity index (χ1v) is 10.1. The van der Waals surface area contributed by atoms with Crippen molar-refractivity contribution in [2.75, 3.05) is 12.3 Å². The van der Waals surface area contributed by atoms with Gasteiger partial charge in [-0.05, 0) is 60.7 Å². The van der Waals surface area contributed by atoms with E-state index in [1.807, 2.05) is 18.2 Å². The fourth-order valence-corrected chi connectivity index (χ4v) is 3.86. The maximum atomic E-state index is 5.94. The van der Waals surface area contributed by atoms with Crippen LogP contribution in [-0.4, -0.2) is 11.5 Å². The predicted molar refractivity (Wildman–Crippen MR) is 116 cm³/mol. The van der Waals surface area contributed by atoms with Gasteiger partial charge in [0.25, 0.3) is 0 Å². The van der Waals surface area contributed by atoms with E-state index in [0.29, 0.717) is 0 Å². The molecule has 0 aliphatic heterocycles. The average Bonchev–Trinajstić information content (AvgIpc) is 3.20. The summed E-state index contributed by atoms with van der Waals surface area (Å²) in [6, 6.07) is 19.0. The van der Waals surface area contributed by atoms with Gasteiger partial charge in [0.1, 0.15) is 0 Å². The van der Waals surface area contributed by atoms with Gasteiger partial charge in [0.2, 0.25) is 0 Å². The Balaban J connectivity index is 1.53. The zero-order valence-corrected chi connectivity index (χ0v) is 16.2. The third-order valence-electron chi connectivity index (χ3n) is 4.74. The number of hydrogen-bond acceptors (Lipinski definition) is 4. The second kappa shape index (κ2) is 7.91. The molecule has 0 radical (unpaired) electrons. The molecule has 2 aromatic carbocycles. The van der Waals surface area contributed by atoms with E-state index >= 15 is 0 Å². The van der Waals surface area contributed by atoms with Crippen molar-refractivity contribution in [3.63, 3.8) is 0 Å². The van der Waals surface area contributed by atoms with E-state index in [1.165, 1.54) is 22.3 Å². The molecule has 0 atom stereocenters. The van der Waals surface area contributed by atoms with Gasteiger partial charge in [-0.25, -0.2) is 4.98 Å². The molecule has 0 amide bonds. The highest BCUT2D eigenvalue weighted by molar-refractivity contribution is 7.08. The first-order valence-electron chi connectivity index (χ1n) is 9.17. The van der Waals surface area contributed by atoms with E-state index in [-0.39, 0.29) is 0 Å². The van der Waals surface area contributed by atoms with Gasteiger partial charge in [-0.15, -0.1) is 0 Å². The fraction of sp³-hybridized carbons (Fsp3) is 0.174. The Bertz CT molecular complexity index is 1040. The maximum absolute atomic E-state index is 5.94. The Hall–Kier alpha value is -2.69. The van der Waals surface area contributed by atoms with Crippen molar-refractivity contribution in [2.45, 2.75) is 19.9 Å². The number of anilines is 1. The molecule has 2 aromatic heterocycles. The number of hydrogen-bond donors (Lipinski definition) is 2. The first kappa shape index (κ1) is 17.7. The standard InChI is InChI=1S/C23H23N3S/c1-16-2-4-17(5-3-16)8-10-25-14-20-12-18-6-7-21(24)13-22(18)26-23(20)19-9-11-27-15-19/h2-7,9,11-13,15,25H,8,10,14,24H2,1H3. The Morgan fingerprint density at radius 3 is 2.67 bits per heavy atom. The van der Waals surface area contributed by atoms with Gasteiger partial charge in [-0.2, -0.15) is 11.3 Å². The lowest BCUT2D eigenvalue weighted by atomic mass is 10.0. The van der Waals surface area contributed by atoms with Crippen molar-refractivity contribution in [2.24, 2.45) is 0 Å². The Labute approximate surface area is 163 Å². The summed E-state index contributed by atoms with van der Waals surface area (Å²) < 4.78 is 0. The van der Waals surface area contributed by atoms with Crippen molar-refractivity contribution in [3.8, 4) is 11.3 Å². The van der Waals surface area contributed by atoms with Crippen molar-refractivity contribution in [1.29, 1.82) is 0 Å². The Morgan fingerprint density at radius 2 is 1.89 bits per heavy atom. The van der Waals surface area contributed by atoms with Gasteiger partial charge in [0.05, 0.1) is 11.2 Å². The molecule has 0 saturated heterocycles. The molecule has 3 N–H and O–H groups in total. The molecule has 0 saturated carbocycles. The number of thiophene rings is 1. The van der Waals surface area contributed by atoms with Gasteiger partial charge in [-0.1, -0.05) is 35.9 Å². The van der Waals surface area contributed by atoms with E-state index in [1.54, 1.807) is 11.3 Å². The van der Waals surface area contributed by atoms with Crippen LogP contribution in [0.2, 0.25) is 0 Å². The zero-order valence-electron chi connectivity index (χ0n) is 15.4. The van der Waals surface area contributed by atoms with Crippen molar-refractivity contribution < 1.29 is 0 Å². The maximum Gasteiger partial charge on any atom is 0.0763 e. The summed E-state index contributed by atoms with van der Waals surface area (Å²) in [4.78, 5) is 4.91. The normalized spacial score (nSPS) is 11.1. The van der Waals surface area contributed by atoms with Crippen LogP contribution in [0.5, 0.6) is 0 Å². The van der Waals surface area contributed by atoms with E-state index in [0.717, 1.165) is 41.8 Å². The minimum absolute atomic E-state index is 0.746. The van der Waals surface area contributed by atoms with Crippen LogP contribution >= 0.6 is 11.3 Å². The molecule has 4 rings (SSSR count). The lowest BCUT2D eigenvalue weighted by Gasteiger charge is -2.12. The van der Waals surface area contributed by atoms with Gasteiger partial charge >= 0.3 is 0 Å². The van der Waals surface area contributed by atoms with Crippen LogP contribution in [0.15, 0.2) is 65.4 Å². The molecule has 0 fully saturated rings. The summed E-state index contributed by atoms with van der Waals surface area (Å²) in [5, 5.41) is 8.95. The number of nitrogens with one attached hydrogen (secondary N) is 1. The molecule has 0 bridgehead atoms. The SMILES string of the molecule is Cc1ccc(CCNCc2cc3ccc(N)cc3nc2-c2ccsc2)cc1. The summed E-state index contributed by atoms with van der Waals surface area (Å²) in [6.07, 6.45) is 1.02. The Morgan fingerprint density at radius 1 is 1.04 bits per heavy atom. The number of aromatic nitrogens is 1. The number of nitrogen functional groups attached to an aromatic ring is 1. The highest BCUT2D eigenvalue weighted by Gasteiger charge is 2.10. The Kier molecular flexibility index (Phi) is 5.19. The summed E-state index contributed by atoms with van der Waals surface area (Å²) in [7, 11) is 0. The molecule has 0 spiro atoms. The number of pyridine rings is 1. The largest absolute Gasteiger partial charge is 0.399 e. The van der Waals surface area contributed by atoms with Gasteiger partial charge in [0.15, 0.2) is 0 Å². The third-order valence-corrected chi connectivity index (χ3v) is 5.42. The number of aryl methyl sites for hydroxylation is 1. The van der Waals surface area contributed by atoms with Crippen LogP contribution in [0, 0.1) is 6.92 Å². The number of rotatable bonds is 6.